The maximum Gasteiger partial charge on any atom is 0.160 e. The van der Waals surface area contributed by atoms with E-state index in [-0.39, 0.29) is 0 Å². The van der Waals surface area contributed by atoms with E-state index < -0.39 is 11.6 Å². The van der Waals surface area contributed by atoms with Crippen LogP contribution in [0.3, 0.4) is 0 Å². The number of hydrogen-bond donors (Lipinski definition) is 2. The summed E-state index contributed by atoms with van der Waals surface area (Å²) < 4.78 is 30.9. The lowest BCUT2D eigenvalue weighted by Crippen LogP contribution is -1.98. The molecule has 2 aromatic rings. The van der Waals surface area contributed by atoms with Crippen molar-refractivity contribution in [3.8, 4) is 5.75 Å². The number of anilines is 3. The third-order valence-electron chi connectivity index (χ3n) is 2.46. The van der Waals surface area contributed by atoms with Gasteiger partial charge >= 0.3 is 0 Å². The minimum atomic E-state index is -0.915. The largest absolute Gasteiger partial charge is 0.497 e. The highest BCUT2D eigenvalue weighted by molar-refractivity contribution is 5.74. The molecule has 0 unspecified atom stereocenters. The molecule has 0 aromatic heterocycles. The van der Waals surface area contributed by atoms with Crippen LogP contribution in [0.2, 0.25) is 0 Å². The zero-order valence-electron chi connectivity index (χ0n) is 9.71. The summed E-state index contributed by atoms with van der Waals surface area (Å²) in [6.07, 6.45) is 0. The van der Waals surface area contributed by atoms with Crippen LogP contribution in [0.1, 0.15) is 0 Å². The van der Waals surface area contributed by atoms with Crippen LogP contribution in [-0.2, 0) is 0 Å². The molecule has 0 radical (unpaired) electrons. The highest BCUT2D eigenvalue weighted by Gasteiger charge is 2.05. The fraction of sp³-hybridized carbons (Fsp3) is 0.0769. The fourth-order valence-electron chi connectivity index (χ4n) is 1.50. The standard InChI is InChI=1S/C13H12F2N2O/c1-18-9-3-5-12(16)13(7-9)17-8-2-4-10(14)11(15)6-8/h2-7,17H,16H2,1H3. The maximum atomic E-state index is 13.1. The molecule has 2 rings (SSSR count). The molecule has 0 saturated carbocycles. The van der Waals surface area contributed by atoms with Crippen molar-refractivity contribution < 1.29 is 13.5 Å². The zero-order valence-corrected chi connectivity index (χ0v) is 9.71. The van der Waals surface area contributed by atoms with Crippen molar-refractivity contribution in [2.24, 2.45) is 0 Å². The van der Waals surface area contributed by atoms with Crippen LogP contribution < -0.4 is 15.8 Å². The molecule has 3 nitrogen and oxygen atoms in total. The SMILES string of the molecule is COc1ccc(N)c(Nc2ccc(F)c(F)c2)c1. The van der Waals surface area contributed by atoms with Crippen LogP contribution in [0.5, 0.6) is 5.75 Å². The number of hydrogen-bond acceptors (Lipinski definition) is 3. The van der Waals surface area contributed by atoms with Crippen LogP contribution in [0.15, 0.2) is 36.4 Å². The van der Waals surface area contributed by atoms with Gasteiger partial charge in [-0.15, -0.1) is 0 Å². The van der Waals surface area contributed by atoms with Crippen molar-refractivity contribution in [1.82, 2.24) is 0 Å². The third-order valence-corrected chi connectivity index (χ3v) is 2.46. The fourth-order valence-corrected chi connectivity index (χ4v) is 1.50. The average molecular weight is 250 g/mol. The van der Waals surface area contributed by atoms with Crippen molar-refractivity contribution in [1.29, 1.82) is 0 Å². The number of rotatable bonds is 3. The number of methoxy groups -OCH3 is 1. The van der Waals surface area contributed by atoms with E-state index in [4.69, 9.17) is 10.5 Å². The second kappa shape index (κ2) is 4.91. The Labute approximate surface area is 103 Å². The average Bonchev–Trinajstić information content (AvgIpc) is 2.36. The minimum absolute atomic E-state index is 0.411. The Bertz CT molecular complexity index is 573. The van der Waals surface area contributed by atoms with Gasteiger partial charge in [-0.3, -0.25) is 0 Å². The summed E-state index contributed by atoms with van der Waals surface area (Å²) in [6.45, 7) is 0. The molecule has 2 aromatic carbocycles. The number of halogens is 2. The van der Waals surface area contributed by atoms with Gasteiger partial charge in [-0.1, -0.05) is 0 Å². The summed E-state index contributed by atoms with van der Waals surface area (Å²) >= 11 is 0. The predicted octanol–water partition coefficient (Wildman–Crippen LogP) is 3.30. The van der Waals surface area contributed by atoms with Crippen LogP contribution in [-0.4, -0.2) is 7.11 Å². The molecule has 0 amide bonds. The number of ether oxygens (including phenoxy) is 1. The Hall–Kier alpha value is -2.30. The van der Waals surface area contributed by atoms with Gasteiger partial charge in [0, 0.05) is 17.8 Å². The molecule has 0 aliphatic rings. The van der Waals surface area contributed by atoms with Gasteiger partial charge in [0.05, 0.1) is 18.5 Å². The first kappa shape index (κ1) is 12.2. The number of nitrogens with one attached hydrogen (secondary N) is 1. The molecule has 0 spiro atoms. The van der Waals surface area contributed by atoms with E-state index in [0.29, 0.717) is 22.8 Å². The Balaban J connectivity index is 2.30. The molecule has 5 heteroatoms. The van der Waals surface area contributed by atoms with Gasteiger partial charge in [-0.05, 0) is 24.3 Å². The lowest BCUT2D eigenvalue weighted by atomic mass is 10.2. The van der Waals surface area contributed by atoms with Crippen LogP contribution in [0.4, 0.5) is 25.8 Å². The number of benzene rings is 2. The molecule has 0 bridgehead atoms. The second-order valence-electron chi connectivity index (χ2n) is 3.71. The van der Waals surface area contributed by atoms with E-state index in [2.05, 4.69) is 5.32 Å². The number of nitrogens with two attached hydrogens (primary N) is 1. The van der Waals surface area contributed by atoms with Crippen molar-refractivity contribution in [3.63, 3.8) is 0 Å². The van der Waals surface area contributed by atoms with E-state index >= 15 is 0 Å². The highest BCUT2D eigenvalue weighted by Crippen LogP contribution is 2.28. The summed E-state index contributed by atoms with van der Waals surface area (Å²) in [4.78, 5) is 0. The van der Waals surface area contributed by atoms with Crippen LogP contribution in [0, 0.1) is 11.6 Å². The molecule has 0 fully saturated rings. The molecular formula is C13H12F2N2O. The van der Waals surface area contributed by atoms with Crippen molar-refractivity contribution in [2.75, 3.05) is 18.2 Å². The van der Waals surface area contributed by atoms with Crippen LogP contribution >= 0.6 is 0 Å². The monoisotopic (exact) mass is 250 g/mol. The summed E-state index contributed by atoms with van der Waals surface area (Å²) in [5, 5.41) is 2.90. The third kappa shape index (κ3) is 2.51. The summed E-state index contributed by atoms with van der Waals surface area (Å²) in [5.74, 6) is -1.19. The van der Waals surface area contributed by atoms with E-state index in [9.17, 15) is 8.78 Å². The Kier molecular flexibility index (Phi) is 3.32. The summed E-state index contributed by atoms with van der Waals surface area (Å²) in [6, 6.07) is 8.60. The topological polar surface area (TPSA) is 47.3 Å². The Morgan fingerprint density at radius 1 is 1.06 bits per heavy atom. The molecule has 94 valence electrons. The molecule has 18 heavy (non-hydrogen) atoms. The minimum Gasteiger partial charge on any atom is -0.497 e. The molecule has 0 saturated heterocycles. The predicted molar refractivity (Wildman–Crippen MR) is 67.0 cm³/mol. The van der Waals surface area contributed by atoms with E-state index in [1.807, 2.05) is 0 Å². The molecule has 0 atom stereocenters. The lowest BCUT2D eigenvalue weighted by Gasteiger charge is -2.11. The smallest absolute Gasteiger partial charge is 0.160 e. The van der Waals surface area contributed by atoms with Crippen molar-refractivity contribution in [2.45, 2.75) is 0 Å². The summed E-state index contributed by atoms with van der Waals surface area (Å²) in [5.41, 5.74) is 7.24. The highest BCUT2D eigenvalue weighted by atomic mass is 19.2. The van der Waals surface area contributed by atoms with E-state index in [0.717, 1.165) is 12.1 Å². The molecule has 0 heterocycles. The van der Waals surface area contributed by atoms with Gasteiger partial charge in [0.1, 0.15) is 5.75 Å². The molecule has 3 N–H and O–H groups in total. The summed E-state index contributed by atoms with van der Waals surface area (Å²) in [7, 11) is 1.53. The second-order valence-corrected chi connectivity index (χ2v) is 3.71. The molecule has 0 aliphatic heterocycles. The van der Waals surface area contributed by atoms with Crippen molar-refractivity contribution >= 4 is 17.1 Å². The first-order chi connectivity index (χ1) is 8.60. The zero-order chi connectivity index (χ0) is 13.1. The van der Waals surface area contributed by atoms with Gasteiger partial charge in [0.2, 0.25) is 0 Å². The Morgan fingerprint density at radius 3 is 2.50 bits per heavy atom. The van der Waals surface area contributed by atoms with Gasteiger partial charge in [-0.25, -0.2) is 8.78 Å². The maximum absolute atomic E-state index is 13.1. The Morgan fingerprint density at radius 2 is 1.83 bits per heavy atom. The van der Waals surface area contributed by atoms with Gasteiger partial charge < -0.3 is 15.8 Å². The quantitative estimate of drug-likeness (QED) is 0.822. The number of nitrogen functional groups attached to an aromatic ring is 1. The molecular weight excluding hydrogens is 238 g/mol. The molecule has 0 aliphatic carbocycles. The first-order valence-corrected chi connectivity index (χ1v) is 5.26. The van der Waals surface area contributed by atoms with E-state index in [1.165, 1.54) is 13.2 Å². The van der Waals surface area contributed by atoms with Crippen molar-refractivity contribution in [3.05, 3.63) is 48.0 Å². The van der Waals surface area contributed by atoms with Gasteiger partial charge in [-0.2, -0.15) is 0 Å². The first-order valence-electron chi connectivity index (χ1n) is 5.26. The van der Waals surface area contributed by atoms with Crippen LogP contribution in [0.25, 0.3) is 0 Å². The van der Waals surface area contributed by atoms with E-state index in [1.54, 1.807) is 18.2 Å². The normalized spacial score (nSPS) is 10.2. The lowest BCUT2D eigenvalue weighted by molar-refractivity contribution is 0.415. The van der Waals surface area contributed by atoms with Gasteiger partial charge in [0.15, 0.2) is 11.6 Å². The van der Waals surface area contributed by atoms with Gasteiger partial charge in [0.25, 0.3) is 0 Å².